The Morgan fingerprint density at radius 3 is 1.77 bits per heavy atom. The lowest BCUT2D eigenvalue weighted by atomic mass is 9.64. The van der Waals surface area contributed by atoms with E-state index in [-0.39, 0.29) is 0 Å². The number of likely N-dealkylation sites (tertiary alicyclic amines) is 3. The lowest BCUT2D eigenvalue weighted by Crippen LogP contribution is -2.45. The number of fused-ring (bicyclic) bond motifs is 10. The molecule has 4 heteroatoms. The molecule has 0 saturated carbocycles. The van der Waals surface area contributed by atoms with E-state index < -0.39 is 0 Å². The van der Waals surface area contributed by atoms with Gasteiger partial charge in [-0.3, -0.25) is 0 Å². The summed E-state index contributed by atoms with van der Waals surface area (Å²) in [5.74, 6) is 8.35. The quantitative estimate of drug-likeness (QED) is 0.247. The molecule has 66 heavy (non-hydrogen) atoms. The van der Waals surface area contributed by atoms with E-state index in [9.17, 15) is 0 Å². The van der Waals surface area contributed by atoms with Gasteiger partial charge in [-0.2, -0.15) is 0 Å². The van der Waals surface area contributed by atoms with Crippen LogP contribution in [-0.4, -0.2) is 61.9 Å². The molecule has 10 aliphatic carbocycles. The Morgan fingerprint density at radius 1 is 0.424 bits per heavy atom. The minimum atomic E-state index is 0.480. The molecule has 17 unspecified atom stereocenters. The van der Waals surface area contributed by atoms with Crippen molar-refractivity contribution in [3.05, 3.63) is 156 Å². The first-order valence-electron chi connectivity index (χ1n) is 27.8. The molecular weight excluding hydrogens is 801 g/mol. The van der Waals surface area contributed by atoms with Crippen LogP contribution in [0.5, 0.6) is 0 Å². The summed E-state index contributed by atoms with van der Waals surface area (Å²) in [6, 6.07) is 3.85. The third-order valence-electron chi connectivity index (χ3n) is 20.4. The van der Waals surface area contributed by atoms with Crippen molar-refractivity contribution in [3.8, 4) is 0 Å². The first-order valence-corrected chi connectivity index (χ1v) is 27.8. The van der Waals surface area contributed by atoms with Gasteiger partial charge in [-0.1, -0.05) is 109 Å². The van der Waals surface area contributed by atoms with E-state index in [1.54, 1.807) is 22.9 Å². The number of nitrogens with zero attached hydrogens (tertiary/aromatic N) is 4. The smallest absolute Gasteiger partial charge is 0.106 e. The molecule has 0 spiro atoms. The van der Waals surface area contributed by atoms with Gasteiger partial charge < -0.3 is 19.6 Å². The molecule has 0 N–H and O–H groups in total. The maximum atomic E-state index is 3.04. The summed E-state index contributed by atoms with van der Waals surface area (Å²) < 4.78 is 0. The van der Waals surface area contributed by atoms with Gasteiger partial charge in [0.25, 0.3) is 0 Å². The molecule has 0 bridgehead atoms. The van der Waals surface area contributed by atoms with Gasteiger partial charge in [0.05, 0.1) is 36.3 Å². The number of rotatable bonds is 6. The van der Waals surface area contributed by atoms with Crippen molar-refractivity contribution in [2.24, 2.45) is 59.2 Å². The topological polar surface area (TPSA) is 13.0 Å². The van der Waals surface area contributed by atoms with Gasteiger partial charge in [0, 0.05) is 35.0 Å². The second-order valence-corrected chi connectivity index (χ2v) is 23.5. The average molecular weight is 877 g/mol. The fourth-order valence-corrected chi connectivity index (χ4v) is 17.6. The van der Waals surface area contributed by atoms with Crippen molar-refractivity contribution in [2.45, 2.75) is 164 Å². The third kappa shape index (κ3) is 6.62. The van der Waals surface area contributed by atoms with Crippen LogP contribution in [0.2, 0.25) is 0 Å². The summed E-state index contributed by atoms with van der Waals surface area (Å²) in [5.41, 5.74) is 6.64. The summed E-state index contributed by atoms with van der Waals surface area (Å²) in [7, 11) is 0. The fraction of sp³-hybridized carbons (Fsp3) is 0.581. The van der Waals surface area contributed by atoms with Crippen LogP contribution in [0, 0.1) is 59.2 Å². The van der Waals surface area contributed by atoms with Crippen LogP contribution < -0.4 is 0 Å². The molecule has 0 radical (unpaired) electrons. The Hall–Kier alpha value is -4.18. The Bertz CT molecular complexity index is 2340. The van der Waals surface area contributed by atoms with E-state index >= 15 is 0 Å². The average Bonchev–Trinajstić information content (AvgIpc) is 4.12. The maximum Gasteiger partial charge on any atom is 0.106 e. The van der Waals surface area contributed by atoms with Crippen molar-refractivity contribution >= 4 is 0 Å². The number of hydrogen-bond acceptors (Lipinski definition) is 4. The summed E-state index contributed by atoms with van der Waals surface area (Å²) in [6.07, 6.45) is 78.9. The van der Waals surface area contributed by atoms with E-state index in [1.807, 2.05) is 5.57 Å². The monoisotopic (exact) mass is 877 g/mol. The zero-order valence-electron chi connectivity index (χ0n) is 39.7. The molecule has 17 atom stereocenters. The lowest BCUT2D eigenvalue weighted by Gasteiger charge is -2.44. The van der Waals surface area contributed by atoms with Crippen molar-refractivity contribution < 1.29 is 0 Å². The number of allylic oxidation sites excluding steroid dienone is 17. The summed E-state index contributed by atoms with van der Waals surface area (Å²) >= 11 is 0. The van der Waals surface area contributed by atoms with E-state index in [0.717, 1.165) is 11.8 Å². The Morgan fingerprint density at radius 2 is 1.06 bits per heavy atom. The van der Waals surface area contributed by atoms with Gasteiger partial charge in [-0.05, 0) is 193 Å². The van der Waals surface area contributed by atoms with Crippen LogP contribution in [0.1, 0.15) is 122 Å². The molecule has 3 fully saturated rings. The van der Waals surface area contributed by atoms with Gasteiger partial charge >= 0.3 is 0 Å². The fourth-order valence-electron chi connectivity index (χ4n) is 17.6. The van der Waals surface area contributed by atoms with Crippen LogP contribution in [0.15, 0.2) is 156 Å². The largest absolute Gasteiger partial charge is 0.361 e. The molecule has 3 saturated heterocycles. The van der Waals surface area contributed by atoms with Crippen LogP contribution >= 0.6 is 0 Å². The van der Waals surface area contributed by atoms with Crippen LogP contribution in [0.4, 0.5) is 0 Å². The highest BCUT2D eigenvalue weighted by molar-refractivity contribution is 5.38. The maximum absolute atomic E-state index is 3.04. The van der Waals surface area contributed by atoms with Crippen LogP contribution in [-0.2, 0) is 0 Å². The Balaban J connectivity index is 0.791. The Kier molecular flexibility index (Phi) is 10.4. The van der Waals surface area contributed by atoms with E-state index in [2.05, 4.69) is 147 Å². The molecule has 344 valence electrons. The molecule has 0 aromatic carbocycles. The minimum Gasteiger partial charge on any atom is -0.361 e. The highest BCUT2D eigenvalue weighted by atomic mass is 15.4. The van der Waals surface area contributed by atoms with E-state index in [4.69, 9.17) is 0 Å². The molecule has 4 aliphatic heterocycles. The normalized spacial score (nSPS) is 44.7. The van der Waals surface area contributed by atoms with Gasteiger partial charge in [0.2, 0.25) is 0 Å². The zero-order valence-corrected chi connectivity index (χ0v) is 39.7. The second kappa shape index (κ2) is 16.8. The lowest BCUT2D eigenvalue weighted by molar-refractivity contribution is 0.165. The predicted octanol–water partition coefficient (Wildman–Crippen LogP) is 13.4. The SMILES string of the molecule is C1=CCCC(N2C3CCC(C4C=CC5C(C4)C4CC(C6C=CC7C(C6)C6CCC=CC6N7C6=CC=CCC6)C=CC4N5C4=CC5C=CCCC5N4C4=CCCCC4)C=C3C3CCC=CC32)=C1. The summed E-state index contributed by atoms with van der Waals surface area (Å²) in [5, 5.41) is 0. The van der Waals surface area contributed by atoms with Crippen molar-refractivity contribution in [2.75, 3.05) is 0 Å². The number of hydrogen-bond donors (Lipinski definition) is 0. The highest BCUT2D eigenvalue weighted by Crippen LogP contribution is 2.58. The zero-order chi connectivity index (χ0) is 43.3. The van der Waals surface area contributed by atoms with Crippen LogP contribution in [0.25, 0.3) is 0 Å². The molecule has 14 rings (SSSR count). The van der Waals surface area contributed by atoms with Gasteiger partial charge in [0.1, 0.15) is 5.82 Å². The summed E-state index contributed by atoms with van der Waals surface area (Å²) in [6.45, 7) is 0. The van der Waals surface area contributed by atoms with E-state index in [1.165, 1.54) is 122 Å². The van der Waals surface area contributed by atoms with Gasteiger partial charge in [-0.25, -0.2) is 0 Å². The third-order valence-corrected chi connectivity index (χ3v) is 20.4. The first-order chi connectivity index (χ1) is 32.7. The van der Waals surface area contributed by atoms with Crippen molar-refractivity contribution in [1.29, 1.82) is 0 Å². The molecule has 4 nitrogen and oxygen atoms in total. The molecule has 4 heterocycles. The van der Waals surface area contributed by atoms with E-state index in [0.29, 0.717) is 89.6 Å². The van der Waals surface area contributed by atoms with Crippen LogP contribution in [0.3, 0.4) is 0 Å². The van der Waals surface area contributed by atoms with Crippen molar-refractivity contribution in [3.63, 3.8) is 0 Å². The molecule has 0 aromatic rings. The van der Waals surface area contributed by atoms with Gasteiger partial charge in [0.15, 0.2) is 0 Å². The molecule has 0 aromatic heterocycles. The van der Waals surface area contributed by atoms with Gasteiger partial charge in [-0.15, -0.1) is 0 Å². The second-order valence-electron chi connectivity index (χ2n) is 23.5. The highest BCUT2D eigenvalue weighted by Gasteiger charge is 2.56. The first kappa shape index (κ1) is 40.8. The standard InChI is InChI=1S/C62H76N4/c1-4-17-46(18-5-1)63-56-26-14-11-23-49(56)51-36-41(28-32-58(51)63)43-30-34-60-53(38-43)54-39-44(42-29-33-59-52(37-42)50-24-12-15-27-57(50)64(59)47-19-6-2-7-20-47)31-35-61(54)66(60)62-40-45-16-10-13-25-55(45)65(62)48-21-8-3-9-22-48/h1-2,4,6,10,14-17,19,21,26-28,30-32,34-35,37,40-45,49-51,53-61H,3,5,7-9,11-13,18,20,22-25,29,33,36,38-39H2. The predicted molar refractivity (Wildman–Crippen MR) is 270 cm³/mol. The minimum absolute atomic E-state index is 0.480. The molecule has 14 aliphatic rings. The Labute approximate surface area is 397 Å². The molecular formula is C62H76N4. The summed E-state index contributed by atoms with van der Waals surface area (Å²) in [4.78, 5) is 11.8. The van der Waals surface area contributed by atoms with Crippen molar-refractivity contribution in [1.82, 2.24) is 19.6 Å². The molecule has 0 amide bonds.